The molecule has 2 heterocycles. The Hall–Kier alpha value is -1.69. The van der Waals surface area contributed by atoms with Crippen LogP contribution in [0.15, 0.2) is 24.3 Å². The second-order valence-electron chi connectivity index (χ2n) is 8.15. The first-order valence-electron chi connectivity index (χ1n) is 10.5. The van der Waals surface area contributed by atoms with E-state index in [4.69, 9.17) is 19.5 Å². The number of ether oxygens (including phenoxy) is 3. The molecule has 160 valence electrons. The summed E-state index contributed by atoms with van der Waals surface area (Å²) in [6, 6.07) is 9.07. The normalized spacial score (nSPS) is 23.5. The van der Waals surface area contributed by atoms with Crippen molar-refractivity contribution in [1.82, 2.24) is 9.80 Å². The van der Waals surface area contributed by atoms with Crippen molar-refractivity contribution in [3.05, 3.63) is 29.8 Å². The number of rotatable bonds is 11. The number of β-amino-alcohol motifs (C(OH)–C–C–N with tert-alkyl or cyclic N) is 1. The van der Waals surface area contributed by atoms with Gasteiger partial charge in [-0.15, -0.1) is 0 Å². The van der Waals surface area contributed by atoms with E-state index >= 15 is 0 Å². The molecule has 1 aromatic carbocycles. The highest BCUT2D eigenvalue weighted by Gasteiger charge is 2.34. The molecule has 2 aliphatic heterocycles. The lowest BCUT2D eigenvalue weighted by molar-refractivity contribution is -0.0103. The number of hydrogen-bond donors (Lipinski definition) is 1. The number of aliphatic hydroxyl groups is 1. The van der Waals surface area contributed by atoms with Crippen LogP contribution >= 0.6 is 0 Å². The Morgan fingerprint density at radius 2 is 1.76 bits per heavy atom. The lowest BCUT2D eigenvalue weighted by Gasteiger charge is -2.46. The number of hydrogen-bond acceptors (Lipinski definition) is 7. The fourth-order valence-electron chi connectivity index (χ4n) is 4.43. The van der Waals surface area contributed by atoms with Gasteiger partial charge in [0.15, 0.2) is 0 Å². The smallest absolute Gasteiger partial charge is 0.119 e. The summed E-state index contributed by atoms with van der Waals surface area (Å²) < 4.78 is 16.3. The molecule has 0 saturated carbocycles. The molecule has 2 aliphatic rings. The second kappa shape index (κ2) is 11.5. The zero-order valence-electron chi connectivity index (χ0n) is 17.3. The fourth-order valence-corrected chi connectivity index (χ4v) is 4.43. The van der Waals surface area contributed by atoms with Crippen molar-refractivity contribution in [1.29, 1.82) is 5.26 Å². The predicted octanol–water partition coefficient (Wildman–Crippen LogP) is 1.21. The third-order valence-corrected chi connectivity index (χ3v) is 5.61. The van der Waals surface area contributed by atoms with Gasteiger partial charge in [-0.2, -0.15) is 5.26 Å². The van der Waals surface area contributed by atoms with Crippen LogP contribution in [-0.2, 0) is 9.47 Å². The molecule has 0 amide bonds. The van der Waals surface area contributed by atoms with Gasteiger partial charge in [0.2, 0.25) is 0 Å². The molecule has 0 radical (unpaired) electrons. The minimum absolute atomic E-state index is 0.267. The molecule has 29 heavy (non-hydrogen) atoms. The van der Waals surface area contributed by atoms with Crippen molar-refractivity contribution in [3.8, 4) is 11.8 Å². The molecule has 0 aliphatic carbocycles. The van der Waals surface area contributed by atoms with Crippen LogP contribution in [0.5, 0.6) is 5.75 Å². The van der Waals surface area contributed by atoms with Crippen LogP contribution in [0, 0.1) is 23.2 Å². The Bertz CT molecular complexity index is 634. The summed E-state index contributed by atoms with van der Waals surface area (Å²) in [6.07, 6.45) is 0.768. The predicted molar refractivity (Wildman–Crippen MR) is 110 cm³/mol. The molecular formula is C22H33N3O4. The topological polar surface area (TPSA) is 78.2 Å². The van der Waals surface area contributed by atoms with Gasteiger partial charge < -0.3 is 24.2 Å². The molecule has 1 N–H and O–H groups in total. The first-order chi connectivity index (χ1) is 14.2. The summed E-state index contributed by atoms with van der Waals surface area (Å²) in [5, 5.41) is 19.2. The zero-order chi connectivity index (χ0) is 20.5. The van der Waals surface area contributed by atoms with E-state index in [2.05, 4.69) is 15.9 Å². The van der Waals surface area contributed by atoms with Crippen molar-refractivity contribution in [3.63, 3.8) is 0 Å². The molecular weight excluding hydrogens is 370 g/mol. The Balaban J connectivity index is 1.35. The average molecular weight is 404 g/mol. The van der Waals surface area contributed by atoms with Crippen LogP contribution in [0.1, 0.15) is 12.0 Å². The largest absolute Gasteiger partial charge is 0.491 e. The van der Waals surface area contributed by atoms with E-state index in [1.54, 1.807) is 31.4 Å². The van der Waals surface area contributed by atoms with Crippen LogP contribution in [-0.4, -0.2) is 93.8 Å². The molecule has 0 spiro atoms. The molecule has 3 rings (SSSR count). The minimum atomic E-state index is -0.519. The van der Waals surface area contributed by atoms with E-state index in [9.17, 15) is 5.11 Å². The van der Waals surface area contributed by atoms with Gasteiger partial charge in [-0.25, -0.2) is 0 Å². The maximum absolute atomic E-state index is 10.4. The summed E-state index contributed by atoms with van der Waals surface area (Å²) >= 11 is 0. The van der Waals surface area contributed by atoms with Crippen LogP contribution in [0.3, 0.4) is 0 Å². The molecule has 1 aromatic rings. The third-order valence-electron chi connectivity index (χ3n) is 5.61. The SMILES string of the molecule is COCCOCCN1CC2CC(C1)CN(CC(O)COc1ccc(C#N)cc1)C2. The molecule has 2 fully saturated rings. The lowest BCUT2D eigenvalue weighted by atomic mass is 9.84. The summed E-state index contributed by atoms with van der Waals surface area (Å²) in [6.45, 7) is 8.25. The number of nitrogens with zero attached hydrogens (tertiary/aromatic N) is 3. The highest BCUT2D eigenvalue weighted by molar-refractivity contribution is 5.34. The number of methoxy groups -OCH3 is 1. The van der Waals surface area contributed by atoms with Crippen molar-refractivity contribution in [2.45, 2.75) is 12.5 Å². The number of nitriles is 1. The van der Waals surface area contributed by atoms with Crippen LogP contribution in [0.25, 0.3) is 0 Å². The number of fused-ring (bicyclic) bond motifs is 2. The van der Waals surface area contributed by atoms with Gasteiger partial charge in [0.1, 0.15) is 18.5 Å². The molecule has 0 aromatic heterocycles. The van der Waals surface area contributed by atoms with Gasteiger partial charge in [0, 0.05) is 46.4 Å². The zero-order valence-corrected chi connectivity index (χ0v) is 17.3. The quantitative estimate of drug-likeness (QED) is 0.557. The first-order valence-corrected chi connectivity index (χ1v) is 10.5. The van der Waals surface area contributed by atoms with Gasteiger partial charge in [-0.1, -0.05) is 0 Å². The molecule has 2 bridgehead atoms. The van der Waals surface area contributed by atoms with Gasteiger partial charge in [-0.3, -0.25) is 4.90 Å². The van der Waals surface area contributed by atoms with Crippen molar-refractivity contribution in [2.24, 2.45) is 11.8 Å². The minimum Gasteiger partial charge on any atom is -0.491 e. The third kappa shape index (κ3) is 7.25. The lowest BCUT2D eigenvalue weighted by Crippen LogP contribution is -2.54. The second-order valence-corrected chi connectivity index (χ2v) is 8.15. The van der Waals surface area contributed by atoms with E-state index in [-0.39, 0.29) is 6.61 Å². The van der Waals surface area contributed by atoms with Crippen molar-refractivity contribution >= 4 is 0 Å². The molecule has 2 saturated heterocycles. The van der Waals surface area contributed by atoms with Crippen LogP contribution in [0.2, 0.25) is 0 Å². The fraction of sp³-hybridized carbons (Fsp3) is 0.682. The van der Waals surface area contributed by atoms with E-state index < -0.39 is 6.10 Å². The van der Waals surface area contributed by atoms with E-state index in [1.807, 2.05) is 0 Å². The molecule has 7 heteroatoms. The standard InChI is InChI=1S/C22H33N3O4/c1-27-8-9-28-7-6-24-12-19-10-20(13-24)15-25(14-19)16-21(26)17-29-22-4-2-18(11-23)3-5-22/h2-5,19-21,26H,6-10,12-17H2,1H3. The summed E-state index contributed by atoms with van der Waals surface area (Å²) in [7, 11) is 1.69. The highest BCUT2D eigenvalue weighted by Crippen LogP contribution is 2.28. The van der Waals surface area contributed by atoms with Crippen LogP contribution < -0.4 is 4.74 Å². The number of piperidine rings is 2. The van der Waals surface area contributed by atoms with Gasteiger partial charge in [-0.05, 0) is 42.5 Å². The van der Waals surface area contributed by atoms with E-state index in [0.717, 1.165) is 39.3 Å². The van der Waals surface area contributed by atoms with Gasteiger partial charge >= 0.3 is 0 Å². The first kappa shape index (κ1) is 22.0. The average Bonchev–Trinajstić information content (AvgIpc) is 2.72. The Labute approximate surface area is 173 Å². The summed E-state index contributed by atoms with van der Waals surface area (Å²) in [5.74, 6) is 2.00. The maximum atomic E-state index is 10.4. The van der Waals surface area contributed by atoms with Crippen molar-refractivity contribution in [2.75, 3.05) is 72.8 Å². The van der Waals surface area contributed by atoms with E-state index in [0.29, 0.717) is 42.9 Å². The number of likely N-dealkylation sites (tertiary alicyclic amines) is 2. The highest BCUT2D eigenvalue weighted by atomic mass is 16.5. The molecule has 7 nitrogen and oxygen atoms in total. The number of aliphatic hydroxyl groups excluding tert-OH is 1. The molecule has 3 atom stereocenters. The summed E-state index contributed by atoms with van der Waals surface area (Å²) in [4.78, 5) is 4.91. The Morgan fingerprint density at radius 1 is 1.07 bits per heavy atom. The summed E-state index contributed by atoms with van der Waals surface area (Å²) in [5.41, 5.74) is 0.605. The van der Waals surface area contributed by atoms with Crippen molar-refractivity contribution < 1.29 is 19.3 Å². The number of benzene rings is 1. The Morgan fingerprint density at radius 3 is 2.41 bits per heavy atom. The maximum Gasteiger partial charge on any atom is 0.119 e. The van der Waals surface area contributed by atoms with Gasteiger partial charge in [0.25, 0.3) is 0 Å². The van der Waals surface area contributed by atoms with Gasteiger partial charge in [0.05, 0.1) is 31.5 Å². The Kier molecular flexibility index (Phi) is 8.71. The molecule has 3 unspecified atom stereocenters. The van der Waals surface area contributed by atoms with E-state index in [1.165, 1.54) is 6.42 Å². The van der Waals surface area contributed by atoms with Crippen LogP contribution in [0.4, 0.5) is 0 Å². The monoisotopic (exact) mass is 403 g/mol.